The van der Waals surface area contributed by atoms with Crippen LogP contribution in [-0.2, 0) is 18.3 Å². The summed E-state index contributed by atoms with van der Waals surface area (Å²) in [6.45, 7) is 2.24. The van der Waals surface area contributed by atoms with Crippen molar-refractivity contribution >= 4 is 5.91 Å². The number of carbonyl (C=O) groups excluding carboxylic acids is 1. The number of rotatable bonds is 7. The molecule has 3 aromatic rings. The highest BCUT2D eigenvalue weighted by Gasteiger charge is 2.36. The SMILES string of the molecule is CC1CC1c1ccc(CCC(=O)NC(c2ccccc2)c2nccn2C)o1. The molecule has 3 unspecified atom stereocenters. The van der Waals surface area contributed by atoms with Gasteiger partial charge >= 0.3 is 0 Å². The van der Waals surface area contributed by atoms with Gasteiger partial charge in [-0.25, -0.2) is 4.98 Å². The molecule has 5 nitrogen and oxygen atoms in total. The molecule has 3 atom stereocenters. The van der Waals surface area contributed by atoms with Crippen LogP contribution in [-0.4, -0.2) is 15.5 Å². The summed E-state index contributed by atoms with van der Waals surface area (Å²) >= 11 is 0. The quantitative estimate of drug-likeness (QED) is 0.691. The van der Waals surface area contributed by atoms with Gasteiger partial charge in [0.05, 0.1) is 0 Å². The maximum Gasteiger partial charge on any atom is 0.221 e. The summed E-state index contributed by atoms with van der Waals surface area (Å²) in [7, 11) is 1.94. The number of nitrogens with one attached hydrogen (secondary N) is 1. The summed E-state index contributed by atoms with van der Waals surface area (Å²) in [5, 5.41) is 3.13. The number of furan rings is 1. The summed E-state index contributed by atoms with van der Waals surface area (Å²) in [5.74, 6) is 4.04. The molecule has 0 spiro atoms. The van der Waals surface area contributed by atoms with Crippen LogP contribution < -0.4 is 5.32 Å². The van der Waals surface area contributed by atoms with Gasteiger partial charge in [-0.3, -0.25) is 4.79 Å². The van der Waals surface area contributed by atoms with E-state index >= 15 is 0 Å². The number of hydrogen-bond donors (Lipinski definition) is 1. The van der Waals surface area contributed by atoms with Gasteiger partial charge < -0.3 is 14.3 Å². The second kappa shape index (κ2) is 7.43. The van der Waals surface area contributed by atoms with E-state index in [4.69, 9.17) is 4.42 Å². The molecule has 1 aromatic carbocycles. The Morgan fingerprint density at radius 3 is 2.74 bits per heavy atom. The zero-order valence-corrected chi connectivity index (χ0v) is 15.8. The highest BCUT2D eigenvalue weighted by molar-refractivity contribution is 5.77. The van der Waals surface area contributed by atoms with Crippen molar-refractivity contribution in [1.29, 1.82) is 0 Å². The first-order chi connectivity index (χ1) is 13.1. The molecule has 0 saturated heterocycles. The van der Waals surface area contributed by atoms with Crippen LogP contribution in [0.2, 0.25) is 0 Å². The van der Waals surface area contributed by atoms with Gasteiger partial charge in [0.1, 0.15) is 23.4 Å². The third kappa shape index (κ3) is 3.97. The Labute approximate surface area is 159 Å². The lowest BCUT2D eigenvalue weighted by molar-refractivity contribution is -0.121. The largest absolute Gasteiger partial charge is 0.466 e. The standard InChI is InChI=1S/C22H25N3O2/c1-15-14-18(15)19-10-8-17(27-19)9-11-20(26)24-21(16-6-4-3-5-7-16)22-23-12-13-25(22)2/h3-8,10,12-13,15,18,21H,9,11,14H2,1-2H3,(H,24,26). The van der Waals surface area contributed by atoms with E-state index in [-0.39, 0.29) is 11.9 Å². The Balaban J connectivity index is 1.41. The molecule has 1 fully saturated rings. The molecular weight excluding hydrogens is 338 g/mol. The van der Waals surface area contributed by atoms with E-state index in [0.717, 1.165) is 28.8 Å². The van der Waals surface area contributed by atoms with Gasteiger partial charge in [0.15, 0.2) is 0 Å². The molecular formula is C22H25N3O2. The van der Waals surface area contributed by atoms with Gasteiger partial charge in [0.2, 0.25) is 5.91 Å². The number of amides is 1. The van der Waals surface area contributed by atoms with E-state index < -0.39 is 0 Å². The predicted octanol–water partition coefficient (Wildman–Crippen LogP) is 3.97. The summed E-state index contributed by atoms with van der Waals surface area (Å²) in [5.41, 5.74) is 1.02. The smallest absolute Gasteiger partial charge is 0.221 e. The number of nitrogens with zero attached hydrogens (tertiary/aromatic N) is 2. The first kappa shape index (κ1) is 17.6. The normalized spacial score (nSPS) is 19.6. The summed E-state index contributed by atoms with van der Waals surface area (Å²) in [6, 6.07) is 13.7. The zero-order chi connectivity index (χ0) is 18.8. The highest BCUT2D eigenvalue weighted by atomic mass is 16.3. The zero-order valence-electron chi connectivity index (χ0n) is 15.8. The fraction of sp³-hybridized carbons (Fsp3) is 0.364. The number of aryl methyl sites for hydroxylation is 2. The minimum absolute atomic E-state index is 0.00964. The number of imidazole rings is 1. The third-order valence-corrected chi connectivity index (χ3v) is 5.31. The molecule has 5 heteroatoms. The van der Waals surface area contributed by atoms with Gasteiger partial charge in [-0.15, -0.1) is 0 Å². The monoisotopic (exact) mass is 363 g/mol. The maximum absolute atomic E-state index is 12.6. The van der Waals surface area contributed by atoms with E-state index in [0.29, 0.717) is 18.8 Å². The van der Waals surface area contributed by atoms with Crippen LogP contribution in [0.4, 0.5) is 0 Å². The molecule has 1 N–H and O–H groups in total. The van der Waals surface area contributed by atoms with Crippen molar-refractivity contribution < 1.29 is 9.21 Å². The summed E-state index contributed by atoms with van der Waals surface area (Å²) in [6.07, 6.45) is 5.84. The summed E-state index contributed by atoms with van der Waals surface area (Å²) in [4.78, 5) is 17.1. The molecule has 1 aliphatic carbocycles. The van der Waals surface area contributed by atoms with E-state index in [1.807, 2.05) is 54.2 Å². The topological polar surface area (TPSA) is 60.1 Å². The molecule has 1 amide bonds. The Kier molecular flexibility index (Phi) is 4.84. The van der Waals surface area contributed by atoms with Crippen LogP contribution in [0.3, 0.4) is 0 Å². The van der Waals surface area contributed by atoms with E-state index in [2.05, 4.69) is 23.3 Å². The summed E-state index contributed by atoms with van der Waals surface area (Å²) < 4.78 is 7.85. The molecule has 27 heavy (non-hydrogen) atoms. The average molecular weight is 363 g/mol. The predicted molar refractivity (Wildman–Crippen MR) is 103 cm³/mol. The van der Waals surface area contributed by atoms with Crippen LogP contribution in [0.5, 0.6) is 0 Å². The van der Waals surface area contributed by atoms with Crippen molar-refractivity contribution in [2.24, 2.45) is 13.0 Å². The molecule has 0 radical (unpaired) electrons. The van der Waals surface area contributed by atoms with E-state index in [1.54, 1.807) is 6.20 Å². The van der Waals surface area contributed by atoms with E-state index in [9.17, 15) is 4.79 Å². The molecule has 0 aliphatic heterocycles. The van der Waals surface area contributed by atoms with Crippen LogP contribution in [0.15, 0.2) is 59.3 Å². The molecule has 1 aliphatic rings. The third-order valence-electron chi connectivity index (χ3n) is 5.31. The average Bonchev–Trinajstić information content (AvgIpc) is 3.06. The molecule has 2 aromatic heterocycles. The molecule has 0 bridgehead atoms. The number of benzene rings is 1. The van der Waals surface area contributed by atoms with Crippen LogP contribution in [0, 0.1) is 5.92 Å². The lowest BCUT2D eigenvalue weighted by atomic mass is 10.1. The Morgan fingerprint density at radius 1 is 1.30 bits per heavy atom. The number of aromatic nitrogens is 2. The van der Waals surface area contributed by atoms with Gasteiger partial charge in [-0.1, -0.05) is 37.3 Å². The van der Waals surface area contributed by atoms with Crippen molar-refractivity contribution in [1.82, 2.24) is 14.9 Å². The second-order valence-electron chi connectivity index (χ2n) is 7.43. The van der Waals surface area contributed by atoms with Crippen molar-refractivity contribution in [3.8, 4) is 0 Å². The Bertz CT molecular complexity index is 913. The Morgan fingerprint density at radius 2 is 2.07 bits per heavy atom. The lowest BCUT2D eigenvalue weighted by Crippen LogP contribution is -2.31. The van der Waals surface area contributed by atoms with Crippen LogP contribution in [0.25, 0.3) is 0 Å². The van der Waals surface area contributed by atoms with Crippen molar-refractivity contribution in [3.05, 3.63) is 77.8 Å². The Hall–Kier alpha value is -2.82. The molecule has 4 rings (SSSR count). The lowest BCUT2D eigenvalue weighted by Gasteiger charge is -2.19. The number of hydrogen-bond acceptors (Lipinski definition) is 3. The molecule has 1 saturated carbocycles. The molecule has 140 valence electrons. The number of carbonyl (C=O) groups is 1. The minimum Gasteiger partial charge on any atom is -0.466 e. The second-order valence-corrected chi connectivity index (χ2v) is 7.43. The van der Waals surface area contributed by atoms with Gasteiger partial charge in [-0.2, -0.15) is 0 Å². The van der Waals surface area contributed by atoms with E-state index in [1.165, 1.54) is 6.42 Å². The van der Waals surface area contributed by atoms with Crippen LogP contribution >= 0.6 is 0 Å². The van der Waals surface area contributed by atoms with Gasteiger partial charge in [0.25, 0.3) is 0 Å². The van der Waals surface area contributed by atoms with Crippen molar-refractivity contribution in [2.75, 3.05) is 0 Å². The fourth-order valence-electron chi connectivity index (χ4n) is 3.51. The fourth-order valence-corrected chi connectivity index (χ4v) is 3.51. The van der Waals surface area contributed by atoms with Crippen molar-refractivity contribution in [2.45, 2.75) is 38.1 Å². The highest BCUT2D eigenvalue weighted by Crippen LogP contribution is 2.47. The maximum atomic E-state index is 12.6. The first-order valence-corrected chi connectivity index (χ1v) is 9.52. The molecule has 2 heterocycles. The first-order valence-electron chi connectivity index (χ1n) is 9.52. The van der Waals surface area contributed by atoms with Crippen LogP contribution in [0.1, 0.15) is 54.6 Å². The van der Waals surface area contributed by atoms with Gasteiger partial charge in [-0.05, 0) is 30.0 Å². The van der Waals surface area contributed by atoms with Gasteiger partial charge in [0, 0.05) is 38.2 Å². The van der Waals surface area contributed by atoms with Crippen molar-refractivity contribution in [3.63, 3.8) is 0 Å². The minimum atomic E-state index is -0.266.